The zero-order valence-corrected chi connectivity index (χ0v) is 26.5. The molecular formula is C29H45Cl2NOPPd+. The summed E-state index contributed by atoms with van der Waals surface area (Å²) >= 11 is -0.106. The van der Waals surface area contributed by atoms with Gasteiger partial charge in [0.1, 0.15) is 0 Å². The van der Waals surface area contributed by atoms with Crippen LogP contribution in [0.25, 0.3) is 0 Å². The maximum absolute atomic E-state index is 12.9. The molecule has 0 spiro atoms. The van der Waals surface area contributed by atoms with Crippen LogP contribution in [0.15, 0.2) is 54.6 Å². The molecule has 0 radical (unpaired) electrons. The molecule has 0 aliphatic rings. The monoisotopic (exact) mass is 630 g/mol. The van der Waals surface area contributed by atoms with E-state index in [2.05, 4.69) is 94.5 Å². The van der Waals surface area contributed by atoms with Gasteiger partial charge in [0.2, 0.25) is 5.91 Å². The predicted octanol–water partition coefficient (Wildman–Crippen LogP) is 7.95. The van der Waals surface area contributed by atoms with Crippen LogP contribution >= 0.6 is 27.0 Å². The van der Waals surface area contributed by atoms with Gasteiger partial charge in [-0.3, -0.25) is 4.79 Å². The van der Waals surface area contributed by atoms with Gasteiger partial charge in [0.15, 0.2) is 0 Å². The summed E-state index contributed by atoms with van der Waals surface area (Å²) in [5.74, 6) is 1.68. The first-order chi connectivity index (χ1) is 16.6. The summed E-state index contributed by atoms with van der Waals surface area (Å²) in [6, 6.07) is 20.6. The molecule has 0 saturated carbocycles. The second-order valence-electron chi connectivity index (χ2n) is 10.3. The van der Waals surface area contributed by atoms with Crippen molar-refractivity contribution in [2.75, 3.05) is 6.16 Å². The summed E-state index contributed by atoms with van der Waals surface area (Å²) in [6.45, 7) is 15.4. The number of hydrogen-bond donors (Lipinski definition) is 1. The van der Waals surface area contributed by atoms with E-state index in [0.29, 0.717) is 17.8 Å². The minimum absolute atomic E-state index is 0.0634. The van der Waals surface area contributed by atoms with Crippen molar-refractivity contribution in [1.82, 2.24) is 5.32 Å². The van der Waals surface area contributed by atoms with E-state index >= 15 is 0 Å². The van der Waals surface area contributed by atoms with Crippen molar-refractivity contribution >= 4 is 43.5 Å². The Kier molecular flexibility index (Phi) is 16.7. The van der Waals surface area contributed by atoms with Gasteiger partial charge in [-0.1, -0.05) is 65.0 Å². The number of carbonyl (C=O) groups is 1. The van der Waals surface area contributed by atoms with E-state index in [1.165, 1.54) is 28.8 Å². The molecule has 0 fully saturated rings. The van der Waals surface area contributed by atoms with E-state index in [-0.39, 0.29) is 33.8 Å². The van der Waals surface area contributed by atoms with Gasteiger partial charge in [0, 0.05) is 12.0 Å². The summed E-state index contributed by atoms with van der Waals surface area (Å²) in [6.07, 6.45) is 4.32. The van der Waals surface area contributed by atoms with Crippen LogP contribution < -0.4 is 15.9 Å². The number of amides is 1. The van der Waals surface area contributed by atoms with Crippen molar-refractivity contribution in [2.45, 2.75) is 79.7 Å². The SMILES string of the molecule is CCC[PH+](c1ccccc1)c1ccc(C(CC(CC(C)C)C(=O)NC(C)C)C(C)C)cc1.[Cl][Pd][Cl]. The molecule has 1 N–H and O–H groups in total. The van der Waals surface area contributed by atoms with Crippen LogP contribution in [0.4, 0.5) is 0 Å². The van der Waals surface area contributed by atoms with Crippen molar-refractivity contribution < 1.29 is 20.7 Å². The van der Waals surface area contributed by atoms with Gasteiger partial charge < -0.3 is 5.32 Å². The topological polar surface area (TPSA) is 29.1 Å². The van der Waals surface area contributed by atoms with E-state index in [1.807, 2.05) is 13.8 Å². The molecule has 0 saturated heterocycles. The molecule has 0 aromatic heterocycles. The van der Waals surface area contributed by atoms with E-state index in [1.54, 1.807) is 0 Å². The van der Waals surface area contributed by atoms with Crippen molar-refractivity contribution in [3.63, 3.8) is 0 Å². The van der Waals surface area contributed by atoms with Crippen LogP contribution in [0.2, 0.25) is 0 Å². The van der Waals surface area contributed by atoms with Crippen LogP contribution in [0.1, 0.15) is 79.2 Å². The molecule has 2 nitrogen and oxygen atoms in total. The van der Waals surface area contributed by atoms with Gasteiger partial charge in [-0.2, -0.15) is 0 Å². The average Bonchev–Trinajstić information content (AvgIpc) is 2.80. The van der Waals surface area contributed by atoms with E-state index in [0.717, 1.165) is 12.8 Å². The molecule has 3 unspecified atom stereocenters. The quantitative estimate of drug-likeness (QED) is 0.187. The molecular weight excluding hydrogens is 587 g/mol. The number of rotatable bonds is 12. The van der Waals surface area contributed by atoms with Crippen LogP contribution in [-0.4, -0.2) is 18.1 Å². The summed E-state index contributed by atoms with van der Waals surface area (Å²) in [4.78, 5) is 12.9. The van der Waals surface area contributed by atoms with Crippen LogP contribution in [0.5, 0.6) is 0 Å². The van der Waals surface area contributed by atoms with Gasteiger partial charge in [0.25, 0.3) is 0 Å². The fraction of sp³-hybridized carbons (Fsp3) is 0.552. The molecule has 2 aromatic rings. The predicted molar refractivity (Wildman–Crippen MR) is 156 cm³/mol. The first kappa shape index (κ1) is 32.6. The number of benzene rings is 2. The Balaban J connectivity index is 0.00000194. The molecule has 0 aliphatic heterocycles. The summed E-state index contributed by atoms with van der Waals surface area (Å²) in [7, 11) is 8.89. The molecule has 3 atom stereocenters. The molecule has 0 heterocycles. The molecule has 2 rings (SSSR count). The molecule has 6 heteroatoms. The van der Waals surface area contributed by atoms with E-state index < -0.39 is 7.92 Å². The summed E-state index contributed by atoms with van der Waals surface area (Å²) < 4.78 is 0. The number of halogens is 2. The second-order valence-corrected chi connectivity index (χ2v) is 15.3. The summed E-state index contributed by atoms with van der Waals surface area (Å²) in [5.41, 5.74) is 1.38. The molecule has 35 heavy (non-hydrogen) atoms. The molecule has 0 bridgehead atoms. The van der Waals surface area contributed by atoms with E-state index in [9.17, 15) is 4.79 Å². The first-order valence-corrected chi connectivity index (χ1v) is 18.5. The van der Waals surface area contributed by atoms with E-state index in [4.69, 9.17) is 19.1 Å². The Labute approximate surface area is 232 Å². The summed E-state index contributed by atoms with van der Waals surface area (Å²) in [5, 5.41) is 6.15. The maximum atomic E-state index is 12.9. The Hall–Kier alpha value is -0.418. The van der Waals surface area contributed by atoms with Crippen LogP contribution in [0.3, 0.4) is 0 Å². The molecule has 1 amide bonds. The number of carbonyl (C=O) groups excluding carboxylic acids is 1. The third kappa shape index (κ3) is 12.1. The zero-order valence-electron chi connectivity index (χ0n) is 22.4. The normalized spacial score (nSPS) is 13.9. The third-order valence-corrected chi connectivity index (χ3v) is 9.27. The number of nitrogens with one attached hydrogen (secondary N) is 1. The van der Waals surface area contributed by atoms with Crippen molar-refractivity contribution in [3.05, 3.63) is 60.2 Å². The Morgan fingerprint density at radius 1 is 0.886 bits per heavy atom. The van der Waals surface area contributed by atoms with Crippen LogP contribution in [0, 0.1) is 17.8 Å². The third-order valence-electron chi connectivity index (χ3n) is 6.21. The average molecular weight is 632 g/mol. The standard InChI is InChI=1S/C29H44NOP.2ClH.Pd/c1-8-18-32(26-12-10-9-11-13-26)27-16-14-24(15-17-27)28(22(4)5)20-25(19-21(2)3)29(31)30-23(6)7;;;/h9-17,21-23,25,28H,8,18-20H2,1-7H3,(H,30,31);2*1H;/q;;;+2/p-1. The Morgan fingerprint density at radius 3 is 1.89 bits per heavy atom. The Morgan fingerprint density at radius 2 is 1.43 bits per heavy atom. The fourth-order valence-electron chi connectivity index (χ4n) is 4.66. The zero-order chi connectivity index (χ0) is 26.4. The minimum atomic E-state index is -0.741. The van der Waals surface area contributed by atoms with Gasteiger partial charge in [-0.05, 0) is 80.7 Å². The molecule has 2 aromatic carbocycles. The first-order valence-electron chi connectivity index (χ1n) is 12.8. The molecule has 200 valence electrons. The number of hydrogen-bond acceptors (Lipinski definition) is 1. The van der Waals surface area contributed by atoms with Gasteiger partial charge >= 0.3 is 35.0 Å². The van der Waals surface area contributed by atoms with Crippen LogP contribution in [-0.2, 0) is 20.7 Å². The molecule has 0 aliphatic carbocycles. The fourth-order valence-corrected chi connectivity index (χ4v) is 7.23. The van der Waals surface area contributed by atoms with Crippen molar-refractivity contribution in [2.24, 2.45) is 17.8 Å². The van der Waals surface area contributed by atoms with Crippen molar-refractivity contribution in [3.8, 4) is 0 Å². The van der Waals surface area contributed by atoms with Crippen molar-refractivity contribution in [1.29, 1.82) is 0 Å². The van der Waals surface area contributed by atoms with Gasteiger partial charge in [-0.25, -0.2) is 0 Å². The van der Waals surface area contributed by atoms with Gasteiger partial charge in [-0.15, -0.1) is 0 Å². The van der Waals surface area contributed by atoms with Gasteiger partial charge in [0.05, 0.1) is 24.7 Å². The second kappa shape index (κ2) is 17.9. The Bertz CT molecular complexity index is 830.